The molecule has 22 heavy (non-hydrogen) atoms. The van der Waals surface area contributed by atoms with Crippen LogP contribution in [0.4, 0.5) is 5.69 Å². The summed E-state index contributed by atoms with van der Waals surface area (Å²) in [6.45, 7) is 3.49. The minimum atomic E-state index is -0.124. The average molecular weight is 309 g/mol. The van der Waals surface area contributed by atoms with Gasteiger partial charge in [-0.1, -0.05) is 41.6 Å². The van der Waals surface area contributed by atoms with E-state index in [4.69, 9.17) is 0 Å². The van der Waals surface area contributed by atoms with Gasteiger partial charge in [-0.05, 0) is 31.2 Å². The van der Waals surface area contributed by atoms with Crippen LogP contribution in [0.1, 0.15) is 22.8 Å². The maximum absolute atomic E-state index is 12.4. The molecule has 0 spiro atoms. The third kappa shape index (κ3) is 2.70. The molecule has 1 amide bonds. The summed E-state index contributed by atoms with van der Waals surface area (Å²) in [4.78, 5) is 27.4. The molecule has 0 bridgehead atoms. The number of carbonyl (C=O) groups excluding carboxylic acids is 2. The van der Waals surface area contributed by atoms with Gasteiger partial charge in [-0.3, -0.25) is 14.5 Å². The second-order valence-corrected chi connectivity index (χ2v) is 6.23. The molecule has 4 heteroatoms. The minimum Gasteiger partial charge on any atom is -0.288 e. The number of fused-ring (bicyclic) bond motifs is 1. The summed E-state index contributed by atoms with van der Waals surface area (Å²) in [6.07, 6.45) is 1.64. The molecular weight excluding hydrogens is 294 g/mol. The van der Waals surface area contributed by atoms with Crippen molar-refractivity contribution in [1.29, 1.82) is 0 Å². The number of hydrogen-bond donors (Lipinski definition) is 0. The molecule has 0 aliphatic carbocycles. The zero-order valence-electron chi connectivity index (χ0n) is 12.4. The van der Waals surface area contributed by atoms with E-state index in [1.165, 1.54) is 23.6 Å². The topological polar surface area (TPSA) is 37.4 Å². The zero-order chi connectivity index (χ0) is 15.7. The van der Waals surface area contributed by atoms with Crippen molar-refractivity contribution in [3.05, 3.63) is 70.8 Å². The standard InChI is InChI=1S/C18H15NO2S/c1-12-7-9-14(10-8-12)19(13(2)20)11-17-18(21)15-5-3-4-6-16(15)22-17/h3-11H,1-2H3/b17-11+. The summed E-state index contributed by atoms with van der Waals surface area (Å²) in [5, 5.41) is 0. The quantitative estimate of drug-likeness (QED) is 0.781. The number of rotatable bonds is 2. The molecule has 0 saturated carbocycles. The number of anilines is 1. The molecule has 0 saturated heterocycles. The lowest BCUT2D eigenvalue weighted by Gasteiger charge is -2.17. The van der Waals surface area contributed by atoms with Gasteiger partial charge in [0.25, 0.3) is 0 Å². The van der Waals surface area contributed by atoms with Gasteiger partial charge in [0.2, 0.25) is 11.7 Å². The first kappa shape index (κ1) is 14.6. The molecule has 0 fully saturated rings. The fourth-order valence-electron chi connectivity index (χ4n) is 2.30. The summed E-state index contributed by atoms with van der Waals surface area (Å²) in [7, 11) is 0. The van der Waals surface area contributed by atoms with Crippen molar-refractivity contribution >= 4 is 29.1 Å². The second-order valence-electron chi connectivity index (χ2n) is 5.15. The highest BCUT2D eigenvalue weighted by atomic mass is 32.2. The van der Waals surface area contributed by atoms with Crippen LogP contribution in [0.25, 0.3) is 0 Å². The first-order valence-electron chi connectivity index (χ1n) is 6.96. The first-order chi connectivity index (χ1) is 10.6. The molecule has 0 unspecified atom stereocenters. The van der Waals surface area contributed by atoms with E-state index in [1.807, 2.05) is 55.5 Å². The van der Waals surface area contributed by atoms with Gasteiger partial charge < -0.3 is 0 Å². The molecule has 0 N–H and O–H groups in total. The molecular formula is C18H15NO2S. The third-order valence-corrected chi connectivity index (χ3v) is 4.56. The van der Waals surface area contributed by atoms with Crippen LogP contribution in [0.3, 0.4) is 0 Å². The smallest absolute Gasteiger partial charge is 0.227 e. The van der Waals surface area contributed by atoms with Crippen LogP contribution in [-0.4, -0.2) is 11.7 Å². The lowest BCUT2D eigenvalue weighted by atomic mass is 10.1. The lowest BCUT2D eigenvalue weighted by molar-refractivity contribution is -0.116. The predicted molar refractivity (Wildman–Crippen MR) is 89.1 cm³/mol. The van der Waals surface area contributed by atoms with E-state index in [-0.39, 0.29) is 11.7 Å². The Balaban J connectivity index is 1.97. The molecule has 3 nitrogen and oxygen atoms in total. The Morgan fingerprint density at radius 1 is 1.09 bits per heavy atom. The SMILES string of the molecule is CC(=O)N(/C=C1/Sc2ccccc2C1=O)c1ccc(C)cc1. The van der Waals surface area contributed by atoms with Crippen LogP contribution in [0.15, 0.2) is 64.5 Å². The van der Waals surface area contributed by atoms with Gasteiger partial charge in [0, 0.05) is 29.3 Å². The van der Waals surface area contributed by atoms with E-state index in [0.717, 1.165) is 16.1 Å². The Morgan fingerprint density at radius 3 is 2.41 bits per heavy atom. The van der Waals surface area contributed by atoms with Crippen LogP contribution in [-0.2, 0) is 4.79 Å². The highest BCUT2D eigenvalue weighted by Gasteiger charge is 2.26. The molecule has 2 aromatic carbocycles. The van der Waals surface area contributed by atoms with Gasteiger partial charge in [-0.2, -0.15) is 0 Å². The van der Waals surface area contributed by atoms with Crippen LogP contribution in [0.2, 0.25) is 0 Å². The van der Waals surface area contributed by atoms with Crippen LogP contribution in [0.5, 0.6) is 0 Å². The lowest BCUT2D eigenvalue weighted by Crippen LogP contribution is -2.22. The van der Waals surface area contributed by atoms with E-state index < -0.39 is 0 Å². The first-order valence-corrected chi connectivity index (χ1v) is 7.78. The van der Waals surface area contributed by atoms with Crippen LogP contribution < -0.4 is 4.90 Å². The monoisotopic (exact) mass is 309 g/mol. The van der Waals surface area contributed by atoms with Gasteiger partial charge in [-0.25, -0.2) is 0 Å². The van der Waals surface area contributed by atoms with Crippen LogP contribution in [0, 0.1) is 6.92 Å². The van der Waals surface area contributed by atoms with E-state index in [1.54, 1.807) is 6.20 Å². The summed E-state index contributed by atoms with van der Waals surface area (Å²) >= 11 is 1.41. The van der Waals surface area contributed by atoms with Crippen molar-refractivity contribution in [2.45, 2.75) is 18.7 Å². The Bertz CT molecular complexity index is 778. The van der Waals surface area contributed by atoms with Gasteiger partial charge in [0.05, 0.1) is 4.91 Å². The minimum absolute atomic E-state index is 0.0287. The van der Waals surface area contributed by atoms with Crippen LogP contribution >= 0.6 is 11.8 Å². The molecule has 0 aromatic heterocycles. The average Bonchev–Trinajstić information content (AvgIpc) is 2.82. The fourth-order valence-corrected chi connectivity index (χ4v) is 3.31. The van der Waals surface area contributed by atoms with Gasteiger partial charge in [0.15, 0.2) is 0 Å². The molecule has 110 valence electrons. The molecule has 0 radical (unpaired) electrons. The Labute approximate surface area is 133 Å². The van der Waals surface area contributed by atoms with Crippen molar-refractivity contribution in [2.75, 3.05) is 4.90 Å². The van der Waals surface area contributed by atoms with Crippen molar-refractivity contribution in [1.82, 2.24) is 0 Å². The molecule has 1 aliphatic heterocycles. The number of benzene rings is 2. The largest absolute Gasteiger partial charge is 0.288 e. The number of ketones is 1. The number of thioether (sulfide) groups is 1. The van der Waals surface area contributed by atoms with Gasteiger partial charge >= 0.3 is 0 Å². The van der Waals surface area contributed by atoms with Crippen molar-refractivity contribution in [2.24, 2.45) is 0 Å². The summed E-state index contributed by atoms with van der Waals surface area (Å²) in [6, 6.07) is 15.1. The van der Waals surface area contributed by atoms with E-state index in [2.05, 4.69) is 0 Å². The highest BCUT2D eigenvalue weighted by Crippen LogP contribution is 2.40. The summed E-state index contributed by atoms with van der Waals surface area (Å²) < 4.78 is 0. The molecule has 1 heterocycles. The maximum Gasteiger partial charge on any atom is 0.227 e. The Morgan fingerprint density at radius 2 is 1.77 bits per heavy atom. The number of nitrogens with zero attached hydrogens (tertiary/aromatic N) is 1. The van der Waals surface area contributed by atoms with E-state index >= 15 is 0 Å². The highest BCUT2D eigenvalue weighted by molar-refractivity contribution is 8.04. The molecule has 3 rings (SSSR count). The molecule has 1 aliphatic rings. The summed E-state index contributed by atoms with van der Waals surface area (Å²) in [5.41, 5.74) is 2.58. The van der Waals surface area contributed by atoms with E-state index in [0.29, 0.717) is 10.5 Å². The zero-order valence-corrected chi connectivity index (χ0v) is 13.2. The van der Waals surface area contributed by atoms with E-state index in [9.17, 15) is 9.59 Å². The number of hydrogen-bond acceptors (Lipinski definition) is 3. The number of aryl methyl sites for hydroxylation is 1. The predicted octanol–water partition coefficient (Wildman–Crippen LogP) is 4.18. The number of allylic oxidation sites excluding steroid dienone is 1. The van der Waals surface area contributed by atoms with Crippen molar-refractivity contribution < 1.29 is 9.59 Å². The number of amides is 1. The fraction of sp³-hybridized carbons (Fsp3) is 0.111. The number of carbonyl (C=O) groups is 2. The Kier molecular flexibility index (Phi) is 3.86. The normalized spacial score (nSPS) is 15.0. The summed E-state index contributed by atoms with van der Waals surface area (Å²) in [5.74, 6) is -0.153. The Hall–Kier alpha value is -2.33. The van der Waals surface area contributed by atoms with Gasteiger partial charge in [-0.15, -0.1) is 0 Å². The molecule has 2 aromatic rings. The maximum atomic E-state index is 12.4. The number of Topliss-reactive ketones (excluding diaryl/α,β-unsaturated/α-hetero) is 1. The third-order valence-electron chi connectivity index (χ3n) is 3.47. The molecule has 0 atom stereocenters. The van der Waals surface area contributed by atoms with Crippen molar-refractivity contribution in [3.8, 4) is 0 Å². The van der Waals surface area contributed by atoms with Crippen molar-refractivity contribution in [3.63, 3.8) is 0 Å². The van der Waals surface area contributed by atoms with Gasteiger partial charge in [0.1, 0.15) is 0 Å². The second kappa shape index (κ2) is 5.81.